The predicted octanol–water partition coefficient (Wildman–Crippen LogP) is 2.56. The van der Waals surface area contributed by atoms with E-state index in [9.17, 15) is 9.59 Å². The first-order chi connectivity index (χ1) is 11.6. The van der Waals surface area contributed by atoms with Crippen molar-refractivity contribution < 1.29 is 14.7 Å². The molecular formula is C18H15N3O3. The highest BCUT2D eigenvalue weighted by atomic mass is 16.4. The average Bonchev–Trinajstić information content (AvgIpc) is 2.98. The lowest BCUT2D eigenvalue weighted by Crippen LogP contribution is -2.19. The van der Waals surface area contributed by atoms with Gasteiger partial charge in [-0.15, -0.1) is 0 Å². The number of para-hydroxylation sites is 1. The summed E-state index contributed by atoms with van der Waals surface area (Å²) >= 11 is 0. The van der Waals surface area contributed by atoms with E-state index in [1.54, 1.807) is 24.4 Å². The monoisotopic (exact) mass is 321 g/mol. The summed E-state index contributed by atoms with van der Waals surface area (Å²) in [6.45, 7) is 0. The highest BCUT2D eigenvalue weighted by Gasteiger charge is 2.09. The Hall–Kier alpha value is -3.41. The molecule has 3 rings (SSSR count). The standard InChI is InChI=1S/C18H15N3O3/c22-17(9-13-10-19-16-8-4-3-6-14(13)16)21-20-11-12-5-1-2-7-15(12)18(23)24/h1-8,10-11,19H,9H2,(H,21,22)(H,23,24)/b20-11+. The smallest absolute Gasteiger partial charge is 0.336 e. The largest absolute Gasteiger partial charge is 0.478 e. The van der Waals surface area contributed by atoms with Crippen molar-refractivity contribution in [2.24, 2.45) is 5.10 Å². The summed E-state index contributed by atoms with van der Waals surface area (Å²) in [5.74, 6) is -1.31. The lowest BCUT2D eigenvalue weighted by Gasteiger charge is -2.01. The van der Waals surface area contributed by atoms with E-state index in [1.165, 1.54) is 12.3 Å². The van der Waals surface area contributed by atoms with Gasteiger partial charge in [-0.25, -0.2) is 10.2 Å². The second kappa shape index (κ2) is 6.78. The molecule has 6 heteroatoms. The molecule has 0 radical (unpaired) electrons. The van der Waals surface area contributed by atoms with Crippen LogP contribution in [0, 0.1) is 0 Å². The molecule has 0 bridgehead atoms. The number of fused-ring (bicyclic) bond motifs is 1. The molecule has 120 valence electrons. The number of H-pyrrole nitrogens is 1. The summed E-state index contributed by atoms with van der Waals surface area (Å²) in [6.07, 6.45) is 3.31. The summed E-state index contributed by atoms with van der Waals surface area (Å²) in [5, 5.41) is 13.9. The van der Waals surface area contributed by atoms with Crippen molar-refractivity contribution in [3.63, 3.8) is 0 Å². The summed E-state index contributed by atoms with van der Waals surface area (Å²) in [6, 6.07) is 14.2. The first-order valence-corrected chi connectivity index (χ1v) is 7.34. The molecule has 0 atom stereocenters. The quantitative estimate of drug-likeness (QED) is 0.498. The molecule has 1 amide bonds. The second-order valence-corrected chi connectivity index (χ2v) is 5.22. The topological polar surface area (TPSA) is 94.5 Å². The van der Waals surface area contributed by atoms with E-state index in [1.807, 2.05) is 24.3 Å². The predicted molar refractivity (Wildman–Crippen MR) is 91.1 cm³/mol. The Morgan fingerprint density at radius 2 is 1.88 bits per heavy atom. The molecule has 0 spiro atoms. The third kappa shape index (κ3) is 3.33. The fourth-order valence-electron chi connectivity index (χ4n) is 2.47. The molecule has 2 aromatic carbocycles. The molecule has 3 N–H and O–H groups in total. The number of carbonyl (C=O) groups excluding carboxylic acids is 1. The maximum Gasteiger partial charge on any atom is 0.336 e. The number of carboxylic acid groups (broad SMARTS) is 1. The molecule has 3 aromatic rings. The van der Waals surface area contributed by atoms with E-state index < -0.39 is 5.97 Å². The third-order valence-electron chi connectivity index (χ3n) is 3.61. The number of benzene rings is 2. The maximum atomic E-state index is 12.0. The molecule has 6 nitrogen and oxygen atoms in total. The highest BCUT2D eigenvalue weighted by Crippen LogP contribution is 2.17. The van der Waals surface area contributed by atoms with Gasteiger partial charge in [0.05, 0.1) is 18.2 Å². The van der Waals surface area contributed by atoms with E-state index >= 15 is 0 Å². The van der Waals surface area contributed by atoms with Crippen LogP contribution in [0.5, 0.6) is 0 Å². The molecule has 0 aliphatic carbocycles. The van der Waals surface area contributed by atoms with Crippen molar-refractivity contribution in [3.8, 4) is 0 Å². The van der Waals surface area contributed by atoms with Crippen LogP contribution in [0.25, 0.3) is 10.9 Å². The lowest BCUT2D eigenvalue weighted by atomic mass is 10.1. The van der Waals surface area contributed by atoms with E-state index in [0.29, 0.717) is 5.56 Å². The molecule has 0 fully saturated rings. The number of rotatable bonds is 5. The Bertz CT molecular complexity index is 928. The number of aromatic carboxylic acids is 1. The highest BCUT2D eigenvalue weighted by molar-refractivity contribution is 5.98. The van der Waals surface area contributed by atoms with Gasteiger partial charge in [-0.3, -0.25) is 4.79 Å². The number of nitrogens with one attached hydrogen (secondary N) is 2. The number of hydrogen-bond donors (Lipinski definition) is 3. The molecule has 0 saturated carbocycles. The summed E-state index contributed by atoms with van der Waals surface area (Å²) in [5.41, 5.74) is 4.83. The van der Waals surface area contributed by atoms with Crippen molar-refractivity contribution in [1.29, 1.82) is 0 Å². The zero-order chi connectivity index (χ0) is 16.9. The van der Waals surface area contributed by atoms with E-state index in [4.69, 9.17) is 5.11 Å². The van der Waals surface area contributed by atoms with Crippen molar-refractivity contribution in [3.05, 3.63) is 71.4 Å². The van der Waals surface area contributed by atoms with E-state index in [0.717, 1.165) is 16.5 Å². The van der Waals surface area contributed by atoms with Crippen molar-refractivity contribution in [2.75, 3.05) is 0 Å². The van der Waals surface area contributed by atoms with Gasteiger partial charge in [0.25, 0.3) is 0 Å². The van der Waals surface area contributed by atoms with Crippen LogP contribution in [0.2, 0.25) is 0 Å². The van der Waals surface area contributed by atoms with Gasteiger partial charge < -0.3 is 10.1 Å². The first kappa shape index (κ1) is 15.5. The molecule has 1 aromatic heterocycles. The number of hydrazone groups is 1. The van der Waals surface area contributed by atoms with Gasteiger partial charge in [0, 0.05) is 22.7 Å². The molecule has 0 saturated heterocycles. The summed E-state index contributed by atoms with van der Waals surface area (Å²) < 4.78 is 0. The Morgan fingerprint density at radius 3 is 2.71 bits per heavy atom. The number of carboxylic acids is 1. The van der Waals surface area contributed by atoms with E-state index in [-0.39, 0.29) is 17.9 Å². The fourth-order valence-corrected chi connectivity index (χ4v) is 2.47. The van der Waals surface area contributed by atoms with Crippen molar-refractivity contribution in [2.45, 2.75) is 6.42 Å². The number of aromatic amines is 1. The van der Waals surface area contributed by atoms with Crippen LogP contribution in [0.15, 0.2) is 59.8 Å². The summed E-state index contributed by atoms with van der Waals surface area (Å²) in [7, 11) is 0. The zero-order valence-corrected chi connectivity index (χ0v) is 12.7. The van der Waals surface area contributed by atoms with Crippen LogP contribution in [-0.2, 0) is 11.2 Å². The number of aromatic nitrogens is 1. The Balaban J connectivity index is 1.67. The van der Waals surface area contributed by atoms with Crippen molar-refractivity contribution in [1.82, 2.24) is 10.4 Å². The number of carbonyl (C=O) groups is 2. The number of nitrogens with zero attached hydrogens (tertiary/aromatic N) is 1. The van der Waals surface area contributed by atoms with Gasteiger partial charge in [-0.1, -0.05) is 36.4 Å². The summed E-state index contributed by atoms with van der Waals surface area (Å²) in [4.78, 5) is 26.2. The molecule has 0 unspecified atom stereocenters. The van der Waals surface area contributed by atoms with Crippen LogP contribution in [0.4, 0.5) is 0 Å². The minimum absolute atomic E-state index is 0.132. The van der Waals surface area contributed by atoms with Crippen LogP contribution < -0.4 is 5.43 Å². The third-order valence-corrected chi connectivity index (χ3v) is 3.61. The molecule has 1 heterocycles. The molecule has 0 aliphatic rings. The van der Waals surface area contributed by atoms with Gasteiger partial charge >= 0.3 is 5.97 Å². The van der Waals surface area contributed by atoms with E-state index in [2.05, 4.69) is 15.5 Å². The second-order valence-electron chi connectivity index (χ2n) is 5.22. The maximum absolute atomic E-state index is 12.0. The number of amides is 1. The minimum atomic E-state index is -1.04. The Morgan fingerprint density at radius 1 is 1.12 bits per heavy atom. The molecular weight excluding hydrogens is 306 g/mol. The average molecular weight is 321 g/mol. The van der Waals surface area contributed by atoms with Crippen LogP contribution in [0.3, 0.4) is 0 Å². The van der Waals surface area contributed by atoms with Crippen LogP contribution >= 0.6 is 0 Å². The Labute approximate surface area is 137 Å². The van der Waals surface area contributed by atoms with Crippen molar-refractivity contribution >= 4 is 29.0 Å². The SMILES string of the molecule is O=C(Cc1c[nH]c2ccccc12)N/N=C/c1ccccc1C(=O)O. The van der Waals surface area contributed by atoms with Crippen LogP contribution in [0.1, 0.15) is 21.5 Å². The normalized spacial score (nSPS) is 11.0. The van der Waals surface area contributed by atoms with Crippen LogP contribution in [-0.4, -0.2) is 28.2 Å². The number of hydrogen-bond acceptors (Lipinski definition) is 3. The van der Waals surface area contributed by atoms with Gasteiger partial charge in [-0.05, 0) is 17.7 Å². The Kier molecular flexibility index (Phi) is 4.38. The molecule has 0 aliphatic heterocycles. The van der Waals surface area contributed by atoms with Gasteiger partial charge in [-0.2, -0.15) is 5.10 Å². The minimum Gasteiger partial charge on any atom is -0.478 e. The fraction of sp³-hybridized carbons (Fsp3) is 0.0556. The van der Waals surface area contributed by atoms with Gasteiger partial charge in [0.1, 0.15) is 0 Å². The van der Waals surface area contributed by atoms with Gasteiger partial charge in [0.2, 0.25) is 5.91 Å². The molecule has 24 heavy (non-hydrogen) atoms. The first-order valence-electron chi connectivity index (χ1n) is 7.34. The zero-order valence-electron chi connectivity index (χ0n) is 12.7. The van der Waals surface area contributed by atoms with Gasteiger partial charge in [0.15, 0.2) is 0 Å². The lowest BCUT2D eigenvalue weighted by molar-refractivity contribution is -0.120.